The number of nitrogens with zero attached hydrogens (tertiary/aromatic N) is 2. The van der Waals surface area contributed by atoms with Crippen LogP contribution in [0, 0.1) is 13.8 Å². The molecule has 0 saturated heterocycles. The van der Waals surface area contributed by atoms with Gasteiger partial charge in [-0.25, -0.2) is 4.79 Å². The van der Waals surface area contributed by atoms with E-state index in [1.54, 1.807) is 13.0 Å². The Morgan fingerprint density at radius 3 is 2.76 bits per heavy atom. The fourth-order valence-corrected chi connectivity index (χ4v) is 2.11. The molecule has 2 aromatic heterocycles. The predicted octanol–water partition coefficient (Wildman–Crippen LogP) is 2.93. The van der Waals surface area contributed by atoms with Crippen LogP contribution in [-0.2, 0) is 0 Å². The molecule has 3 rings (SSSR count). The topological polar surface area (TPSA) is 78.4 Å². The van der Waals surface area contributed by atoms with E-state index in [4.69, 9.17) is 13.7 Å². The molecule has 0 bridgehead atoms. The Hall–Kier alpha value is -2.63. The number of hydrogen-bond donors (Lipinski definition) is 0. The summed E-state index contributed by atoms with van der Waals surface area (Å²) in [4.78, 5) is 15.5. The van der Waals surface area contributed by atoms with E-state index >= 15 is 0 Å². The van der Waals surface area contributed by atoms with Gasteiger partial charge < -0.3 is 13.7 Å². The minimum atomic E-state index is -0.389. The zero-order valence-corrected chi connectivity index (χ0v) is 11.9. The smallest absolute Gasteiger partial charge is 0.336 e. The lowest BCUT2D eigenvalue weighted by atomic mass is 10.1. The number of aryl methyl sites for hydroxylation is 2. The molecule has 0 amide bonds. The van der Waals surface area contributed by atoms with Gasteiger partial charge in [0, 0.05) is 17.5 Å². The van der Waals surface area contributed by atoms with Gasteiger partial charge in [0.2, 0.25) is 0 Å². The third-order valence-corrected chi connectivity index (χ3v) is 3.13. The Morgan fingerprint density at radius 2 is 2.05 bits per heavy atom. The first-order valence-corrected chi connectivity index (χ1v) is 6.54. The third kappa shape index (κ3) is 2.65. The molecule has 2 heterocycles. The number of benzene rings is 1. The van der Waals surface area contributed by atoms with Crippen molar-refractivity contribution in [1.29, 1.82) is 0 Å². The summed E-state index contributed by atoms with van der Waals surface area (Å²) in [5.41, 5.74) is 0.984. The van der Waals surface area contributed by atoms with Gasteiger partial charge in [-0.1, -0.05) is 5.16 Å². The van der Waals surface area contributed by atoms with E-state index in [2.05, 4.69) is 10.1 Å². The molecule has 0 saturated carbocycles. The second-order valence-corrected chi connectivity index (χ2v) is 4.85. The molecule has 0 N–H and O–H groups in total. The molecule has 108 valence electrons. The van der Waals surface area contributed by atoms with Crippen LogP contribution in [0.2, 0.25) is 0 Å². The maximum absolute atomic E-state index is 11.4. The van der Waals surface area contributed by atoms with Gasteiger partial charge in [-0.15, -0.1) is 0 Å². The highest BCUT2D eigenvalue weighted by atomic mass is 16.5. The summed E-state index contributed by atoms with van der Waals surface area (Å²) in [5, 5.41) is 4.60. The molecule has 1 aromatic carbocycles. The van der Waals surface area contributed by atoms with Gasteiger partial charge in [-0.3, -0.25) is 0 Å². The highest BCUT2D eigenvalue weighted by molar-refractivity contribution is 5.81. The fraction of sp³-hybridized carbons (Fsp3) is 0.267. The SMILES string of the molecule is Cc1noc([C@@H](C)Oc2ccc3c(C)cc(=O)oc3c2)n1. The second kappa shape index (κ2) is 5.05. The van der Waals surface area contributed by atoms with Gasteiger partial charge in [0.1, 0.15) is 11.3 Å². The number of aromatic nitrogens is 2. The summed E-state index contributed by atoms with van der Waals surface area (Å²) < 4.78 is 16.0. The van der Waals surface area contributed by atoms with Crippen molar-refractivity contribution in [2.24, 2.45) is 0 Å². The van der Waals surface area contributed by atoms with Gasteiger partial charge in [0.25, 0.3) is 5.89 Å². The summed E-state index contributed by atoms with van der Waals surface area (Å²) in [7, 11) is 0. The van der Waals surface area contributed by atoms with E-state index < -0.39 is 0 Å². The minimum absolute atomic E-state index is 0.377. The summed E-state index contributed by atoms with van der Waals surface area (Å²) in [5.74, 6) is 1.53. The number of fused-ring (bicyclic) bond motifs is 1. The van der Waals surface area contributed by atoms with Gasteiger partial charge in [0.15, 0.2) is 11.9 Å². The molecule has 21 heavy (non-hydrogen) atoms. The molecular weight excluding hydrogens is 272 g/mol. The lowest BCUT2D eigenvalue weighted by molar-refractivity contribution is 0.175. The van der Waals surface area contributed by atoms with Crippen LogP contribution in [0.25, 0.3) is 11.0 Å². The largest absolute Gasteiger partial charge is 0.481 e. The van der Waals surface area contributed by atoms with E-state index in [1.807, 2.05) is 26.0 Å². The first-order valence-electron chi connectivity index (χ1n) is 6.54. The average molecular weight is 286 g/mol. The van der Waals surface area contributed by atoms with E-state index in [0.29, 0.717) is 23.0 Å². The van der Waals surface area contributed by atoms with Gasteiger partial charge >= 0.3 is 5.63 Å². The van der Waals surface area contributed by atoms with Crippen LogP contribution >= 0.6 is 0 Å². The van der Waals surface area contributed by atoms with Crippen LogP contribution in [0.4, 0.5) is 0 Å². The molecule has 0 unspecified atom stereocenters. The van der Waals surface area contributed by atoms with Gasteiger partial charge in [-0.05, 0) is 38.5 Å². The Labute approximate surface area is 120 Å². The van der Waals surface area contributed by atoms with Crippen molar-refractivity contribution in [3.05, 3.63) is 52.0 Å². The Kier molecular flexibility index (Phi) is 3.21. The number of hydrogen-bond acceptors (Lipinski definition) is 6. The average Bonchev–Trinajstić information content (AvgIpc) is 2.85. The van der Waals surface area contributed by atoms with Crippen molar-refractivity contribution in [2.45, 2.75) is 26.9 Å². The van der Waals surface area contributed by atoms with Crippen molar-refractivity contribution in [3.8, 4) is 5.75 Å². The summed E-state index contributed by atoms with van der Waals surface area (Å²) >= 11 is 0. The molecule has 1 atom stereocenters. The van der Waals surface area contributed by atoms with Crippen molar-refractivity contribution in [1.82, 2.24) is 10.1 Å². The van der Waals surface area contributed by atoms with Crippen molar-refractivity contribution in [2.75, 3.05) is 0 Å². The summed E-state index contributed by atoms with van der Waals surface area (Å²) in [6.45, 7) is 5.42. The maximum atomic E-state index is 11.4. The predicted molar refractivity (Wildman–Crippen MR) is 75.3 cm³/mol. The molecule has 0 aliphatic rings. The van der Waals surface area contributed by atoms with Crippen LogP contribution in [0.1, 0.15) is 30.3 Å². The molecule has 3 aromatic rings. The van der Waals surface area contributed by atoms with Crippen molar-refractivity contribution in [3.63, 3.8) is 0 Å². The standard InChI is InChI=1S/C15H14N2O4/c1-8-6-14(18)20-13-7-11(4-5-12(8)13)19-9(2)15-16-10(3)17-21-15/h4-7,9H,1-3H3/t9-/m1/s1. The number of ether oxygens (including phenoxy) is 1. The molecule has 0 aliphatic carbocycles. The molecular formula is C15H14N2O4. The highest BCUT2D eigenvalue weighted by Crippen LogP contribution is 2.25. The normalized spacial score (nSPS) is 12.5. The monoisotopic (exact) mass is 286 g/mol. The van der Waals surface area contributed by atoms with Crippen LogP contribution in [0.5, 0.6) is 5.75 Å². The molecule has 0 fully saturated rings. The number of rotatable bonds is 3. The third-order valence-electron chi connectivity index (χ3n) is 3.13. The Balaban J connectivity index is 1.92. The van der Waals surface area contributed by atoms with Crippen LogP contribution in [0.15, 0.2) is 38.0 Å². The van der Waals surface area contributed by atoms with E-state index in [-0.39, 0.29) is 11.7 Å². The van der Waals surface area contributed by atoms with E-state index in [9.17, 15) is 4.79 Å². The molecule has 0 spiro atoms. The summed E-state index contributed by atoms with van der Waals surface area (Å²) in [6.07, 6.45) is -0.389. The van der Waals surface area contributed by atoms with Crippen molar-refractivity contribution >= 4 is 11.0 Å². The minimum Gasteiger partial charge on any atom is -0.481 e. The zero-order chi connectivity index (χ0) is 15.0. The zero-order valence-electron chi connectivity index (χ0n) is 11.9. The van der Waals surface area contributed by atoms with Gasteiger partial charge in [-0.2, -0.15) is 4.98 Å². The molecule has 6 nitrogen and oxygen atoms in total. The first kappa shape index (κ1) is 13.4. The lowest BCUT2D eigenvalue weighted by Gasteiger charge is -2.11. The molecule has 0 radical (unpaired) electrons. The quantitative estimate of drug-likeness (QED) is 0.689. The van der Waals surface area contributed by atoms with E-state index in [1.165, 1.54) is 6.07 Å². The van der Waals surface area contributed by atoms with Crippen LogP contribution < -0.4 is 10.4 Å². The first-order chi connectivity index (χ1) is 10.0. The van der Waals surface area contributed by atoms with Crippen molar-refractivity contribution < 1.29 is 13.7 Å². The Morgan fingerprint density at radius 1 is 1.24 bits per heavy atom. The lowest BCUT2D eigenvalue weighted by Crippen LogP contribution is -2.04. The summed E-state index contributed by atoms with van der Waals surface area (Å²) in [6, 6.07) is 6.82. The Bertz CT molecular complexity index is 850. The highest BCUT2D eigenvalue weighted by Gasteiger charge is 2.15. The molecule has 0 aliphatic heterocycles. The fourth-order valence-electron chi connectivity index (χ4n) is 2.11. The second-order valence-electron chi connectivity index (χ2n) is 4.85. The van der Waals surface area contributed by atoms with E-state index in [0.717, 1.165) is 10.9 Å². The molecule has 6 heteroatoms. The van der Waals surface area contributed by atoms with Gasteiger partial charge in [0.05, 0.1) is 0 Å². The van der Waals surface area contributed by atoms with Crippen LogP contribution in [-0.4, -0.2) is 10.1 Å². The van der Waals surface area contributed by atoms with Crippen LogP contribution in [0.3, 0.4) is 0 Å². The maximum Gasteiger partial charge on any atom is 0.336 e.